The molecule has 0 saturated heterocycles. The summed E-state index contributed by atoms with van der Waals surface area (Å²) >= 11 is 5.14. The predicted octanol–water partition coefficient (Wildman–Crippen LogP) is 4.50. The third-order valence-corrected chi connectivity index (χ3v) is 5.14. The standard InChI is InChI=1S/C18H17BrN4OS/c1-12(24)20-16-8-6-14(7-9-16)17-21-22-18(23(17)2)25-11-13-4-3-5-15(19)10-13/h3-10H,11H2,1-2H3,(H,20,24). The molecule has 3 rings (SSSR count). The van der Waals surface area contributed by atoms with Gasteiger partial charge in [0.05, 0.1) is 0 Å². The van der Waals surface area contributed by atoms with E-state index in [4.69, 9.17) is 0 Å². The first kappa shape index (κ1) is 17.7. The highest BCUT2D eigenvalue weighted by molar-refractivity contribution is 9.10. The Labute approximate surface area is 159 Å². The number of aromatic nitrogens is 3. The molecule has 0 saturated carbocycles. The summed E-state index contributed by atoms with van der Waals surface area (Å²) in [5.41, 5.74) is 2.95. The lowest BCUT2D eigenvalue weighted by molar-refractivity contribution is -0.114. The van der Waals surface area contributed by atoms with Crippen LogP contribution in [0.2, 0.25) is 0 Å². The van der Waals surface area contributed by atoms with Crippen molar-refractivity contribution in [3.8, 4) is 11.4 Å². The Balaban J connectivity index is 1.73. The van der Waals surface area contributed by atoms with Crippen molar-refractivity contribution in [2.75, 3.05) is 5.32 Å². The Morgan fingerprint density at radius 1 is 1.20 bits per heavy atom. The lowest BCUT2D eigenvalue weighted by Crippen LogP contribution is -2.05. The third kappa shape index (κ3) is 4.49. The maximum atomic E-state index is 11.1. The van der Waals surface area contributed by atoms with Gasteiger partial charge in [0, 0.05) is 35.4 Å². The number of amides is 1. The summed E-state index contributed by atoms with van der Waals surface area (Å²) in [5, 5.41) is 12.2. The van der Waals surface area contributed by atoms with E-state index >= 15 is 0 Å². The van der Waals surface area contributed by atoms with E-state index in [1.165, 1.54) is 12.5 Å². The van der Waals surface area contributed by atoms with E-state index in [1.54, 1.807) is 11.8 Å². The minimum absolute atomic E-state index is 0.0855. The van der Waals surface area contributed by atoms with E-state index in [1.807, 2.05) is 48.0 Å². The summed E-state index contributed by atoms with van der Waals surface area (Å²) in [5.74, 6) is 1.54. The smallest absolute Gasteiger partial charge is 0.221 e. The molecule has 2 aromatic carbocycles. The van der Waals surface area contributed by atoms with Gasteiger partial charge in [-0.25, -0.2) is 0 Å². The topological polar surface area (TPSA) is 59.8 Å². The molecule has 0 bridgehead atoms. The van der Waals surface area contributed by atoms with Gasteiger partial charge in [-0.3, -0.25) is 4.79 Å². The van der Waals surface area contributed by atoms with Crippen molar-refractivity contribution >= 4 is 39.3 Å². The van der Waals surface area contributed by atoms with Gasteiger partial charge in [-0.15, -0.1) is 10.2 Å². The van der Waals surface area contributed by atoms with Crippen LogP contribution >= 0.6 is 27.7 Å². The fourth-order valence-corrected chi connectivity index (χ4v) is 3.67. The van der Waals surface area contributed by atoms with Gasteiger partial charge in [-0.1, -0.05) is 39.8 Å². The second-order valence-corrected chi connectivity index (χ2v) is 7.40. The van der Waals surface area contributed by atoms with Crippen LogP contribution in [0.15, 0.2) is 58.2 Å². The number of halogens is 1. The zero-order valence-electron chi connectivity index (χ0n) is 13.9. The summed E-state index contributed by atoms with van der Waals surface area (Å²) in [6, 6.07) is 15.8. The molecule has 25 heavy (non-hydrogen) atoms. The molecular formula is C18H17BrN4OS. The maximum absolute atomic E-state index is 11.1. The van der Waals surface area contributed by atoms with Gasteiger partial charge in [0.25, 0.3) is 0 Å². The van der Waals surface area contributed by atoms with Crippen LogP contribution in [-0.2, 0) is 17.6 Å². The van der Waals surface area contributed by atoms with Gasteiger partial charge >= 0.3 is 0 Å². The number of benzene rings is 2. The average molecular weight is 417 g/mol. The largest absolute Gasteiger partial charge is 0.326 e. The zero-order chi connectivity index (χ0) is 17.8. The summed E-state index contributed by atoms with van der Waals surface area (Å²) in [6.07, 6.45) is 0. The quantitative estimate of drug-likeness (QED) is 0.622. The molecule has 0 spiro atoms. The Bertz CT molecular complexity index is 892. The second kappa shape index (κ2) is 7.84. The molecule has 5 nitrogen and oxygen atoms in total. The lowest BCUT2D eigenvalue weighted by Gasteiger charge is -2.06. The summed E-state index contributed by atoms with van der Waals surface area (Å²) in [7, 11) is 1.96. The number of rotatable bonds is 5. The number of carbonyl (C=O) groups is 1. The first-order valence-corrected chi connectivity index (χ1v) is 9.45. The second-order valence-electron chi connectivity index (χ2n) is 5.54. The molecule has 1 N–H and O–H groups in total. The van der Waals surface area contributed by atoms with Crippen LogP contribution < -0.4 is 5.32 Å². The predicted molar refractivity (Wildman–Crippen MR) is 104 cm³/mol. The van der Waals surface area contributed by atoms with E-state index in [-0.39, 0.29) is 5.91 Å². The number of hydrogen-bond acceptors (Lipinski definition) is 4. The molecule has 7 heteroatoms. The molecule has 1 heterocycles. The summed E-state index contributed by atoms with van der Waals surface area (Å²) < 4.78 is 3.05. The third-order valence-electron chi connectivity index (χ3n) is 3.56. The van der Waals surface area contributed by atoms with E-state index in [0.29, 0.717) is 0 Å². The van der Waals surface area contributed by atoms with Crippen molar-refractivity contribution in [1.29, 1.82) is 0 Å². The molecule has 1 amide bonds. The Morgan fingerprint density at radius 2 is 1.96 bits per heavy atom. The van der Waals surface area contributed by atoms with Crippen LogP contribution in [0.4, 0.5) is 5.69 Å². The highest BCUT2D eigenvalue weighted by Crippen LogP contribution is 2.26. The van der Waals surface area contributed by atoms with Crippen molar-refractivity contribution in [3.05, 3.63) is 58.6 Å². The monoisotopic (exact) mass is 416 g/mol. The van der Waals surface area contributed by atoms with Crippen LogP contribution in [0, 0.1) is 0 Å². The molecule has 0 unspecified atom stereocenters. The minimum atomic E-state index is -0.0855. The zero-order valence-corrected chi connectivity index (χ0v) is 16.3. The maximum Gasteiger partial charge on any atom is 0.221 e. The molecule has 0 aliphatic heterocycles. The molecule has 0 atom stereocenters. The van der Waals surface area contributed by atoms with Gasteiger partial charge in [0.15, 0.2) is 11.0 Å². The fraction of sp³-hybridized carbons (Fsp3) is 0.167. The molecule has 128 valence electrons. The van der Waals surface area contributed by atoms with Crippen LogP contribution in [0.5, 0.6) is 0 Å². The Hall–Kier alpha value is -2.12. The van der Waals surface area contributed by atoms with Crippen molar-refractivity contribution in [3.63, 3.8) is 0 Å². The van der Waals surface area contributed by atoms with Gasteiger partial charge in [-0.2, -0.15) is 0 Å². The van der Waals surface area contributed by atoms with E-state index in [9.17, 15) is 4.79 Å². The normalized spacial score (nSPS) is 10.7. The number of thioether (sulfide) groups is 1. The van der Waals surface area contributed by atoms with Crippen LogP contribution in [0.25, 0.3) is 11.4 Å². The number of carbonyl (C=O) groups excluding carboxylic acids is 1. The number of nitrogens with zero attached hydrogens (tertiary/aromatic N) is 3. The van der Waals surface area contributed by atoms with Crippen LogP contribution in [0.1, 0.15) is 12.5 Å². The van der Waals surface area contributed by atoms with Gasteiger partial charge in [0.1, 0.15) is 0 Å². The van der Waals surface area contributed by atoms with Crippen molar-refractivity contribution in [2.45, 2.75) is 17.8 Å². The molecule has 1 aromatic heterocycles. The first-order chi connectivity index (χ1) is 12.0. The highest BCUT2D eigenvalue weighted by Gasteiger charge is 2.11. The summed E-state index contributed by atoms with van der Waals surface area (Å²) in [6.45, 7) is 1.49. The van der Waals surface area contributed by atoms with Crippen LogP contribution in [-0.4, -0.2) is 20.7 Å². The summed E-state index contributed by atoms with van der Waals surface area (Å²) in [4.78, 5) is 11.1. The lowest BCUT2D eigenvalue weighted by atomic mass is 10.2. The number of anilines is 1. The van der Waals surface area contributed by atoms with E-state index in [0.717, 1.165) is 32.5 Å². The van der Waals surface area contributed by atoms with Crippen molar-refractivity contribution in [1.82, 2.24) is 14.8 Å². The number of nitrogens with one attached hydrogen (secondary N) is 1. The van der Waals surface area contributed by atoms with Crippen LogP contribution in [0.3, 0.4) is 0 Å². The van der Waals surface area contributed by atoms with Gasteiger partial charge in [-0.05, 0) is 42.0 Å². The average Bonchev–Trinajstić information content (AvgIpc) is 2.94. The molecule has 0 radical (unpaired) electrons. The van der Waals surface area contributed by atoms with Gasteiger partial charge in [0.2, 0.25) is 5.91 Å². The fourth-order valence-electron chi connectivity index (χ4n) is 2.37. The molecule has 0 aliphatic rings. The van der Waals surface area contributed by atoms with Gasteiger partial charge < -0.3 is 9.88 Å². The molecular weight excluding hydrogens is 400 g/mol. The SMILES string of the molecule is CC(=O)Nc1ccc(-c2nnc(SCc3cccc(Br)c3)n2C)cc1. The molecule has 0 aliphatic carbocycles. The molecule has 0 fully saturated rings. The Morgan fingerprint density at radius 3 is 2.64 bits per heavy atom. The number of hydrogen-bond donors (Lipinski definition) is 1. The first-order valence-electron chi connectivity index (χ1n) is 7.67. The highest BCUT2D eigenvalue weighted by atomic mass is 79.9. The van der Waals surface area contributed by atoms with E-state index < -0.39 is 0 Å². The molecule has 3 aromatic rings. The van der Waals surface area contributed by atoms with E-state index in [2.05, 4.69) is 43.6 Å². The Kier molecular flexibility index (Phi) is 5.55. The van der Waals surface area contributed by atoms with Crippen molar-refractivity contribution in [2.24, 2.45) is 7.05 Å². The minimum Gasteiger partial charge on any atom is -0.326 e. The van der Waals surface area contributed by atoms with Crippen molar-refractivity contribution < 1.29 is 4.79 Å².